The fourth-order valence-electron chi connectivity index (χ4n) is 11.5. The number of piperidine rings is 3. The van der Waals surface area contributed by atoms with Gasteiger partial charge in [-0.15, -0.1) is 0 Å². The van der Waals surface area contributed by atoms with Crippen molar-refractivity contribution < 1.29 is 28.3 Å². The molecule has 344 valence electrons. The van der Waals surface area contributed by atoms with Crippen LogP contribution in [0, 0.1) is 11.6 Å². The van der Waals surface area contributed by atoms with Gasteiger partial charge in [0.05, 0.1) is 11.8 Å². The number of anilines is 3. The number of carbonyl (C=O) groups is 3. The summed E-state index contributed by atoms with van der Waals surface area (Å²) in [6.45, 7) is 6.33. The summed E-state index contributed by atoms with van der Waals surface area (Å²) < 4.78 is 30.6. The van der Waals surface area contributed by atoms with E-state index >= 15 is 8.78 Å². The number of benzene rings is 3. The highest BCUT2D eigenvalue weighted by Crippen LogP contribution is 2.52. The van der Waals surface area contributed by atoms with Crippen LogP contribution in [-0.4, -0.2) is 85.5 Å². The van der Waals surface area contributed by atoms with Crippen LogP contribution in [0.15, 0.2) is 84.1 Å². The second-order valence-corrected chi connectivity index (χ2v) is 19.3. The summed E-state index contributed by atoms with van der Waals surface area (Å²) in [5.74, 6) is -0.974. The highest BCUT2D eigenvalue weighted by molar-refractivity contribution is 6.05. The van der Waals surface area contributed by atoms with Gasteiger partial charge < -0.3 is 20.2 Å². The lowest BCUT2D eigenvalue weighted by molar-refractivity contribution is -0.136. The monoisotopic (exact) mass is 905 g/mol. The standard InChI is InChI=1S/C52H53F2N9O4/c1-31-51(16-2-3-17-51)40-25-35(26-41(53)47(40)57-31)46-42(54)28-56-50(60-46)58-44-12-6-34(27-55-44)33-14-20-62(21-15-33)38-8-4-32(5-9-38)29-61-22-18-52(67,19-23-61)37-7-10-39-36(24-37)30-63(49(39)66)43-11-13-45(64)59-48(43)65/h4-10,12,24-28,33,43,67H,2-3,11,13-23,29-30H2,1H3,(H,59,64,65)(H,55,56,58,60). The summed E-state index contributed by atoms with van der Waals surface area (Å²) in [7, 11) is 0. The van der Waals surface area contributed by atoms with E-state index in [1.54, 1.807) is 11.0 Å². The summed E-state index contributed by atoms with van der Waals surface area (Å²) in [4.78, 5) is 61.6. The fourth-order valence-corrected chi connectivity index (χ4v) is 11.5. The molecule has 13 nitrogen and oxygen atoms in total. The smallest absolute Gasteiger partial charge is 0.255 e. The number of hydrogen-bond donors (Lipinski definition) is 3. The van der Waals surface area contributed by atoms with Crippen LogP contribution in [0.25, 0.3) is 11.3 Å². The van der Waals surface area contributed by atoms with Crippen LogP contribution < -0.4 is 15.5 Å². The molecule has 67 heavy (non-hydrogen) atoms. The van der Waals surface area contributed by atoms with Gasteiger partial charge in [0.2, 0.25) is 17.8 Å². The number of halogens is 2. The molecule has 5 aromatic rings. The number of nitrogens with one attached hydrogen (secondary N) is 2. The van der Waals surface area contributed by atoms with Crippen molar-refractivity contribution in [2.75, 3.05) is 36.4 Å². The van der Waals surface area contributed by atoms with Crippen molar-refractivity contribution in [3.63, 3.8) is 0 Å². The van der Waals surface area contributed by atoms with Gasteiger partial charge in [0, 0.05) is 79.8 Å². The molecule has 1 saturated carbocycles. The number of aliphatic imine (C=N–C) groups is 1. The number of imide groups is 1. The normalized spacial score (nSPS) is 21.4. The maximum atomic E-state index is 15.4. The van der Waals surface area contributed by atoms with E-state index in [2.05, 4.69) is 70.7 Å². The van der Waals surface area contributed by atoms with Crippen molar-refractivity contribution in [1.82, 2.24) is 30.1 Å². The first-order chi connectivity index (χ1) is 32.4. The van der Waals surface area contributed by atoms with E-state index in [1.807, 2.05) is 37.4 Å². The number of carbonyl (C=O) groups excluding carboxylic acids is 3. The van der Waals surface area contributed by atoms with Crippen molar-refractivity contribution in [3.8, 4) is 11.3 Å². The Morgan fingerprint density at radius 2 is 1.63 bits per heavy atom. The molecule has 3 amide bonds. The Hall–Kier alpha value is -6.45. The van der Waals surface area contributed by atoms with Gasteiger partial charge >= 0.3 is 0 Å². The van der Waals surface area contributed by atoms with E-state index in [1.165, 1.54) is 17.3 Å². The average Bonchev–Trinajstić information content (AvgIpc) is 4.04. The number of nitrogens with zero attached hydrogens (tertiary/aromatic N) is 7. The maximum Gasteiger partial charge on any atom is 0.255 e. The number of rotatable bonds is 9. The Kier molecular flexibility index (Phi) is 11.0. The van der Waals surface area contributed by atoms with Crippen LogP contribution in [0.4, 0.5) is 31.9 Å². The molecule has 0 bridgehead atoms. The topological polar surface area (TPSA) is 156 Å². The predicted molar refractivity (Wildman–Crippen MR) is 249 cm³/mol. The van der Waals surface area contributed by atoms with Crippen LogP contribution in [-0.2, 0) is 33.7 Å². The number of aliphatic hydroxyl groups is 1. The number of fused-ring (bicyclic) bond motifs is 3. The van der Waals surface area contributed by atoms with Gasteiger partial charge in [-0.2, -0.15) is 0 Å². The molecule has 11 rings (SSSR count). The number of hydrogen-bond acceptors (Lipinski definition) is 11. The number of aromatic nitrogens is 3. The third-order valence-corrected chi connectivity index (χ3v) is 15.5. The van der Waals surface area contributed by atoms with Gasteiger partial charge in [-0.1, -0.05) is 43.2 Å². The number of likely N-dealkylation sites (tertiary alicyclic amines) is 1. The Labute approximate surface area is 387 Å². The van der Waals surface area contributed by atoms with E-state index in [-0.39, 0.29) is 41.8 Å². The minimum absolute atomic E-state index is 0.0322. The molecule has 1 aliphatic carbocycles. The maximum absolute atomic E-state index is 15.4. The fraction of sp³-hybridized carbons (Fsp3) is 0.404. The molecule has 1 spiro atoms. The predicted octanol–water partition coefficient (Wildman–Crippen LogP) is 8.11. The molecule has 15 heteroatoms. The van der Waals surface area contributed by atoms with Crippen molar-refractivity contribution >= 4 is 46.6 Å². The molecular weight excluding hydrogens is 853 g/mol. The first-order valence-corrected chi connectivity index (χ1v) is 23.7. The van der Waals surface area contributed by atoms with Gasteiger partial charge in [-0.05, 0) is 122 Å². The number of amides is 3. The molecule has 7 heterocycles. The van der Waals surface area contributed by atoms with Crippen LogP contribution in [0.3, 0.4) is 0 Å². The number of pyridine rings is 1. The Bertz CT molecular complexity index is 2810. The zero-order valence-corrected chi connectivity index (χ0v) is 37.5. The summed E-state index contributed by atoms with van der Waals surface area (Å²) >= 11 is 0. The summed E-state index contributed by atoms with van der Waals surface area (Å²) in [6, 6.07) is 20.8. The minimum Gasteiger partial charge on any atom is -0.385 e. The molecule has 2 aromatic heterocycles. The third kappa shape index (κ3) is 7.95. The van der Waals surface area contributed by atoms with E-state index in [0.717, 1.165) is 105 Å². The van der Waals surface area contributed by atoms with Gasteiger partial charge in [0.1, 0.15) is 29.1 Å². The van der Waals surface area contributed by atoms with E-state index < -0.39 is 29.2 Å². The molecule has 3 N–H and O–H groups in total. The van der Waals surface area contributed by atoms with Gasteiger partial charge in [-0.25, -0.2) is 23.7 Å². The van der Waals surface area contributed by atoms with Gasteiger partial charge in [-0.3, -0.25) is 29.6 Å². The van der Waals surface area contributed by atoms with E-state index in [0.29, 0.717) is 47.8 Å². The van der Waals surface area contributed by atoms with Crippen molar-refractivity contribution in [1.29, 1.82) is 0 Å². The van der Waals surface area contributed by atoms with Crippen LogP contribution in [0.2, 0.25) is 0 Å². The molecule has 1 atom stereocenters. The van der Waals surface area contributed by atoms with Crippen molar-refractivity contribution in [2.45, 2.75) is 107 Å². The highest BCUT2D eigenvalue weighted by atomic mass is 19.1. The lowest BCUT2D eigenvalue weighted by atomic mass is 9.76. The summed E-state index contributed by atoms with van der Waals surface area (Å²) in [6.07, 6.45) is 10.6. The Balaban J connectivity index is 0.661. The van der Waals surface area contributed by atoms with E-state index in [9.17, 15) is 19.5 Å². The van der Waals surface area contributed by atoms with Crippen LogP contribution in [0.1, 0.15) is 115 Å². The van der Waals surface area contributed by atoms with Crippen molar-refractivity contribution in [2.24, 2.45) is 4.99 Å². The lowest BCUT2D eigenvalue weighted by Gasteiger charge is -2.39. The lowest BCUT2D eigenvalue weighted by Crippen LogP contribution is -2.52. The zero-order chi connectivity index (χ0) is 46.0. The first kappa shape index (κ1) is 43.1. The Morgan fingerprint density at radius 1 is 0.851 bits per heavy atom. The van der Waals surface area contributed by atoms with Gasteiger partial charge in [0.15, 0.2) is 5.82 Å². The second kappa shape index (κ2) is 17.0. The molecule has 5 aliphatic heterocycles. The van der Waals surface area contributed by atoms with E-state index in [4.69, 9.17) is 0 Å². The van der Waals surface area contributed by atoms with Gasteiger partial charge in [0.25, 0.3) is 5.91 Å². The minimum atomic E-state index is -1.01. The molecular formula is C52H53F2N9O4. The third-order valence-electron chi connectivity index (χ3n) is 15.5. The molecule has 0 radical (unpaired) electrons. The first-order valence-electron chi connectivity index (χ1n) is 23.7. The SMILES string of the molecule is CC1=Nc2c(F)cc(-c3nc(Nc4ccc(C5CCN(c6ccc(CN7CCC(O)(c8ccc9c(c8)CN(C8CCC(=O)NC8=O)C9=O)CC7)cc6)CC5)cn4)ncc3F)cc2C12CCCC2. The zero-order valence-electron chi connectivity index (χ0n) is 37.5. The Morgan fingerprint density at radius 3 is 2.36 bits per heavy atom. The summed E-state index contributed by atoms with van der Waals surface area (Å²) in [5, 5.41) is 17.3. The molecule has 3 saturated heterocycles. The molecule has 3 aromatic carbocycles. The largest absolute Gasteiger partial charge is 0.385 e. The summed E-state index contributed by atoms with van der Waals surface area (Å²) in [5.41, 5.74) is 6.94. The van der Waals surface area contributed by atoms with Crippen molar-refractivity contribution in [3.05, 3.63) is 124 Å². The molecule has 4 fully saturated rings. The molecule has 6 aliphatic rings. The quantitative estimate of drug-likeness (QED) is 0.124. The average molecular weight is 906 g/mol. The molecule has 1 unspecified atom stereocenters. The van der Waals surface area contributed by atoms with Crippen LogP contribution >= 0.6 is 0 Å². The highest BCUT2D eigenvalue weighted by Gasteiger charge is 2.45. The second-order valence-electron chi connectivity index (χ2n) is 19.3. The van der Waals surface area contributed by atoms with Crippen LogP contribution in [0.5, 0.6) is 0 Å².